The maximum Gasteiger partial charge on any atom is 0.410 e. The smallest absolute Gasteiger partial charge is 0.410 e. The molecule has 3 heterocycles. The molecule has 0 saturated carbocycles. The van der Waals surface area contributed by atoms with Gasteiger partial charge in [-0.3, -0.25) is 10.2 Å². The van der Waals surface area contributed by atoms with Gasteiger partial charge >= 0.3 is 12.1 Å². The number of methoxy groups -OCH3 is 2. The molecule has 1 aromatic carbocycles. The van der Waals surface area contributed by atoms with Crippen LogP contribution < -0.4 is 20.1 Å². The summed E-state index contributed by atoms with van der Waals surface area (Å²) in [5.74, 6) is 1.44. The van der Waals surface area contributed by atoms with Crippen molar-refractivity contribution in [3.63, 3.8) is 0 Å². The fraction of sp³-hybridized carbons (Fsp3) is 0.444. The summed E-state index contributed by atoms with van der Waals surface area (Å²) in [6.45, 7) is 9.11. The minimum atomic E-state index is -0.524. The number of carbonyl (C=O) groups excluding carboxylic acids is 2. The Morgan fingerprint density at radius 3 is 2.33 bits per heavy atom. The van der Waals surface area contributed by atoms with Crippen LogP contribution in [0, 0.1) is 0 Å². The third-order valence-electron chi connectivity index (χ3n) is 6.37. The lowest BCUT2D eigenvalue weighted by atomic mass is 10.0. The van der Waals surface area contributed by atoms with Crippen LogP contribution in [0.25, 0.3) is 22.2 Å². The van der Waals surface area contributed by atoms with Gasteiger partial charge in [-0.15, -0.1) is 3.89 Å². The third kappa shape index (κ3) is 6.89. The molecule has 0 radical (unpaired) electrons. The second kappa shape index (κ2) is 12.6. The van der Waals surface area contributed by atoms with Crippen LogP contribution in [0.2, 0.25) is 0 Å². The summed E-state index contributed by atoms with van der Waals surface area (Å²) in [6.07, 6.45) is 1.32. The quantitative estimate of drug-likeness (QED) is 0.396. The van der Waals surface area contributed by atoms with Crippen LogP contribution in [-0.2, 0) is 4.74 Å². The van der Waals surface area contributed by atoms with Crippen molar-refractivity contribution in [1.29, 1.82) is 0 Å². The molecule has 2 aromatic heterocycles. The first kappa shape index (κ1) is 29.3. The highest BCUT2D eigenvalue weighted by molar-refractivity contribution is 7.92. The molecule has 11 nitrogen and oxygen atoms in total. The minimum absolute atomic E-state index is 0.00863. The van der Waals surface area contributed by atoms with Gasteiger partial charge in [0.05, 0.1) is 19.8 Å². The van der Waals surface area contributed by atoms with E-state index in [1.165, 1.54) is 3.97 Å². The molecule has 1 aliphatic rings. The summed E-state index contributed by atoms with van der Waals surface area (Å²) in [6, 6.07) is 8.44. The average Bonchev–Trinajstić information content (AvgIpc) is 3.29. The summed E-state index contributed by atoms with van der Waals surface area (Å²) in [7, 11) is 3.12. The van der Waals surface area contributed by atoms with E-state index in [1.54, 1.807) is 49.6 Å². The number of benzene rings is 1. The maximum atomic E-state index is 13.9. The molecule has 3 amide bonds. The number of fused-ring (bicyclic) bond motifs is 1. The molecule has 0 spiro atoms. The Morgan fingerprint density at radius 2 is 1.73 bits per heavy atom. The molecule has 0 bridgehead atoms. The van der Waals surface area contributed by atoms with Gasteiger partial charge in [-0.25, -0.2) is 18.5 Å². The molecule has 1 aliphatic heterocycles. The van der Waals surface area contributed by atoms with Gasteiger partial charge in [0.2, 0.25) is 0 Å². The van der Waals surface area contributed by atoms with Crippen molar-refractivity contribution in [2.45, 2.75) is 26.4 Å². The molecule has 40 heavy (non-hydrogen) atoms. The number of urea groups is 1. The van der Waals surface area contributed by atoms with E-state index < -0.39 is 11.6 Å². The number of ether oxygens (including phenoxy) is 3. The van der Waals surface area contributed by atoms with Gasteiger partial charge in [-0.2, -0.15) is 0 Å². The number of hydrogen-bond acceptors (Lipinski definition) is 8. The zero-order valence-electron chi connectivity index (χ0n) is 23.3. The van der Waals surface area contributed by atoms with E-state index in [2.05, 4.69) is 20.5 Å². The van der Waals surface area contributed by atoms with Gasteiger partial charge in [0.15, 0.2) is 18.0 Å². The number of pyridine rings is 1. The molecule has 3 aromatic rings. The minimum Gasteiger partial charge on any atom is -0.496 e. The maximum absolute atomic E-state index is 13.9. The molecule has 216 valence electrons. The van der Waals surface area contributed by atoms with E-state index in [1.807, 2.05) is 26.8 Å². The monoisotopic (exact) mass is 574 g/mol. The van der Waals surface area contributed by atoms with Gasteiger partial charge in [-0.1, -0.05) is 6.07 Å². The van der Waals surface area contributed by atoms with Crippen LogP contribution in [0.3, 0.4) is 0 Å². The first-order valence-corrected chi connectivity index (χ1v) is 13.6. The third-order valence-corrected chi connectivity index (χ3v) is 6.80. The van der Waals surface area contributed by atoms with Crippen LogP contribution >= 0.6 is 12.3 Å². The van der Waals surface area contributed by atoms with E-state index in [-0.39, 0.29) is 24.2 Å². The average molecular weight is 575 g/mol. The number of rotatable bonds is 8. The predicted octanol–water partition coefficient (Wildman–Crippen LogP) is 4.78. The lowest BCUT2D eigenvalue weighted by Gasteiger charge is -2.35. The summed E-state index contributed by atoms with van der Waals surface area (Å²) >= 11 is 0.00863. The molecule has 0 aliphatic carbocycles. The number of amides is 3. The molecule has 1 fully saturated rings. The zero-order valence-corrected chi connectivity index (χ0v) is 24.1. The molecule has 1 saturated heterocycles. The highest BCUT2D eigenvalue weighted by Crippen LogP contribution is 2.43. The largest absolute Gasteiger partial charge is 0.496 e. The van der Waals surface area contributed by atoms with Crippen molar-refractivity contribution in [2.75, 3.05) is 58.8 Å². The molecular formula is C27H35FN6O5S. The van der Waals surface area contributed by atoms with Crippen LogP contribution in [0.15, 0.2) is 36.5 Å². The predicted molar refractivity (Wildman–Crippen MR) is 154 cm³/mol. The molecule has 2 N–H and O–H groups in total. The van der Waals surface area contributed by atoms with Crippen LogP contribution in [-0.4, -0.2) is 90.0 Å². The lowest BCUT2D eigenvalue weighted by molar-refractivity contribution is 0.0147. The van der Waals surface area contributed by atoms with E-state index >= 15 is 0 Å². The number of halogens is 1. The Balaban J connectivity index is 1.35. The van der Waals surface area contributed by atoms with Gasteiger partial charge in [0, 0.05) is 56.4 Å². The van der Waals surface area contributed by atoms with Gasteiger partial charge < -0.3 is 24.4 Å². The SMILES string of the molecule is COc1cccc(OC)c1-c1cn(SF)c2nc(NC(=O)NCCN3CCN(C(=O)OC(C)(C)C)CC3)ccc12. The van der Waals surface area contributed by atoms with Crippen molar-refractivity contribution in [3.8, 4) is 22.6 Å². The van der Waals surface area contributed by atoms with Crippen molar-refractivity contribution >= 4 is 41.3 Å². The van der Waals surface area contributed by atoms with E-state index in [0.717, 1.165) is 0 Å². The van der Waals surface area contributed by atoms with E-state index in [0.29, 0.717) is 72.9 Å². The second-order valence-corrected chi connectivity index (χ2v) is 10.8. The Morgan fingerprint density at radius 1 is 1.05 bits per heavy atom. The molecule has 0 atom stereocenters. The Bertz CT molecular complexity index is 1330. The Kier molecular flexibility index (Phi) is 9.25. The first-order chi connectivity index (χ1) is 19.1. The van der Waals surface area contributed by atoms with Gasteiger partial charge in [0.25, 0.3) is 0 Å². The fourth-order valence-electron chi connectivity index (χ4n) is 4.48. The number of anilines is 1. The van der Waals surface area contributed by atoms with Crippen LogP contribution in [0.4, 0.5) is 19.3 Å². The Hall–Kier alpha value is -3.71. The van der Waals surface area contributed by atoms with Crippen molar-refractivity contribution in [1.82, 2.24) is 24.1 Å². The molecule has 4 rings (SSSR count). The number of nitrogens with one attached hydrogen (secondary N) is 2. The number of nitrogens with zero attached hydrogens (tertiary/aromatic N) is 4. The molecule has 13 heteroatoms. The highest BCUT2D eigenvalue weighted by atomic mass is 32.2. The number of hydrogen-bond donors (Lipinski definition) is 2. The Labute approximate surface area is 237 Å². The fourth-order valence-corrected chi connectivity index (χ4v) is 4.83. The summed E-state index contributed by atoms with van der Waals surface area (Å²) in [5.41, 5.74) is 1.18. The number of carbonyl (C=O) groups is 2. The zero-order chi connectivity index (χ0) is 28.9. The molecular weight excluding hydrogens is 539 g/mol. The summed E-state index contributed by atoms with van der Waals surface area (Å²) in [5, 5.41) is 6.21. The topological polar surface area (TPSA) is 110 Å². The summed E-state index contributed by atoms with van der Waals surface area (Å²) < 4.78 is 31.6. The van der Waals surface area contributed by atoms with Crippen molar-refractivity contribution < 1.29 is 27.7 Å². The first-order valence-electron chi connectivity index (χ1n) is 12.9. The van der Waals surface area contributed by atoms with Gasteiger partial charge in [0.1, 0.15) is 22.9 Å². The van der Waals surface area contributed by atoms with Crippen molar-refractivity contribution in [2.24, 2.45) is 0 Å². The van der Waals surface area contributed by atoms with Crippen molar-refractivity contribution in [3.05, 3.63) is 36.5 Å². The number of piperazine rings is 1. The highest BCUT2D eigenvalue weighted by Gasteiger charge is 2.26. The summed E-state index contributed by atoms with van der Waals surface area (Å²) in [4.78, 5) is 33.1. The van der Waals surface area contributed by atoms with Crippen LogP contribution in [0.5, 0.6) is 11.5 Å². The van der Waals surface area contributed by atoms with E-state index in [9.17, 15) is 13.5 Å². The molecule has 0 unspecified atom stereocenters. The van der Waals surface area contributed by atoms with Crippen LogP contribution in [0.1, 0.15) is 20.8 Å². The lowest BCUT2D eigenvalue weighted by Crippen LogP contribution is -2.51. The van der Waals surface area contributed by atoms with Gasteiger partial charge in [-0.05, 0) is 45.0 Å². The normalized spacial score (nSPS) is 14.2. The number of aromatic nitrogens is 2. The standard InChI is InChI=1S/C27H35FN6O5S/c1-27(2,3)39-26(36)33-15-13-32(14-16-33)12-11-29-25(35)31-22-10-9-18-19(17-34(40-28)24(18)30-22)23-20(37-4)7-6-8-21(23)38-5/h6-10,17H,11-16H2,1-5H3,(H2,29,30,31,35). The second-order valence-electron chi connectivity index (χ2n) is 10.2. The van der Waals surface area contributed by atoms with E-state index in [4.69, 9.17) is 14.2 Å².